The van der Waals surface area contributed by atoms with Crippen LogP contribution in [0.15, 0.2) is 54.1 Å². The second-order valence-electron chi connectivity index (χ2n) is 7.72. The van der Waals surface area contributed by atoms with Crippen molar-refractivity contribution in [2.24, 2.45) is 0 Å². The Labute approximate surface area is 194 Å². The molecule has 1 unspecified atom stereocenters. The number of likely N-dealkylation sites (tertiary alicyclic amines) is 1. The lowest BCUT2D eigenvalue weighted by molar-refractivity contribution is -0.140. The molecule has 0 aliphatic carbocycles. The largest absolute Gasteiger partial charge is 0.507 e. The number of aliphatic hydroxyl groups excluding tert-OH is 1. The summed E-state index contributed by atoms with van der Waals surface area (Å²) in [5.74, 6) is -0.303. The average Bonchev–Trinajstić information content (AvgIpc) is 3.08. The first kappa shape index (κ1) is 24.3. The maximum Gasteiger partial charge on any atom is 0.295 e. The van der Waals surface area contributed by atoms with Gasteiger partial charge in [0.1, 0.15) is 17.3 Å². The number of Topliss-reactive ketones (excluding diaryl/α,β-unsaturated/α-hetero) is 1. The number of hydrogen-bond acceptors (Lipinski definition) is 6. The van der Waals surface area contributed by atoms with E-state index in [0.717, 1.165) is 12.8 Å². The minimum absolute atomic E-state index is 0.0472. The SMILES string of the molecule is CCCCOc1cccc(C2C(=C(O)c3ccc(OCC)cc3)C(=O)C(=O)N2CCOC)c1. The molecule has 2 aromatic carbocycles. The number of carbonyl (C=O) groups is 2. The van der Waals surface area contributed by atoms with Gasteiger partial charge in [0.25, 0.3) is 11.7 Å². The molecule has 1 fully saturated rings. The zero-order chi connectivity index (χ0) is 23.8. The number of hydrogen-bond donors (Lipinski definition) is 1. The Balaban J connectivity index is 2.05. The zero-order valence-corrected chi connectivity index (χ0v) is 19.4. The maximum atomic E-state index is 13.0. The van der Waals surface area contributed by atoms with Crippen LogP contribution in [0.25, 0.3) is 5.76 Å². The summed E-state index contributed by atoms with van der Waals surface area (Å²) in [6.07, 6.45) is 1.94. The summed E-state index contributed by atoms with van der Waals surface area (Å²) in [6, 6.07) is 13.3. The highest BCUT2D eigenvalue weighted by Crippen LogP contribution is 2.40. The van der Waals surface area contributed by atoms with E-state index < -0.39 is 17.7 Å². The molecule has 1 atom stereocenters. The van der Waals surface area contributed by atoms with Gasteiger partial charge in [0.2, 0.25) is 0 Å². The van der Waals surface area contributed by atoms with Crippen molar-refractivity contribution < 1.29 is 28.9 Å². The third kappa shape index (κ3) is 5.54. The molecule has 3 rings (SSSR count). The van der Waals surface area contributed by atoms with Gasteiger partial charge in [-0.25, -0.2) is 0 Å². The van der Waals surface area contributed by atoms with Crippen LogP contribution in [0.3, 0.4) is 0 Å². The lowest BCUT2D eigenvalue weighted by Gasteiger charge is -2.25. The van der Waals surface area contributed by atoms with E-state index in [9.17, 15) is 14.7 Å². The summed E-state index contributed by atoms with van der Waals surface area (Å²) in [5.41, 5.74) is 1.17. The summed E-state index contributed by atoms with van der Waals surface area (Å²) in [7, 11) is 1.54. The van der Waals surface area contributed by atoms with Crippen molar-refractivity contribution >= 4 is 17.4 Å². The van der Waals surface area contributed by atoms with Crippen LogP contribution < -0.4 is 9.47 Å². The molecule has 7 nitrogen and oxygen atoms in total. The molecule has 1 heterocycles. The first-order chi connectivity index (χ1) is 16.0. The van der Waals surface area contributed by atoms with Gasteiger partial charge in [0, 0.05) is 19.2 Å². The Morgan fingerprint density at radius 2 is 1.76 bits per heavy atom. The Bertz CT molecular complexity index is 998. The summed E-state index contributed by atoms with van der Waals surface area (Å²) in [4.78, 5) is 27.4. The van der Waals surface area contributed by atoms with Gasteiger partial charge in [-0.2, -0.15) is 0 Å². The molecule has 33 heavy (non-hydrogen) atoms. The van der Waals surface area contributed by atoms with E-state index in [2.05, 4.69) is 6.92 Å². The molecule has 176 valence electrons. The van der Waals surface area contributed by atoms with Crippen LogP contribution in [0.4, 0.5) is 0 Å². The van der Waals surface area contributed by atoms with Crippen LogP contribution in [-0.2, 0) is 14.3 Å². The lowest BCUT2D eigenvalue weighted by Crippen LogP contribution is -2.32. The molecule has 0 bridgehead atoms. The Morgan fingerprint density at radius 1 is 1.00 bits per heavy atom. The van der Waals surface area contributed by atoms with Gasteiger partial charge in [0.05, 0.1) is 31.4 Å². The minimum Gasteiger partial charge on any atom is -0.507 e. The van der Waals surface area contributed by atoms with Crippen LogP contribution in [0.2, 0.25) is 0 Å². The van der Waals surface area contributed by atoms with Crippen molar-refractivity contribution in [1.29, 1.82) is 0 Å². The van der Waals surface area contributed by atoms with Gasteiger partial charge in [0.15, 0.2) is 0 Å². The van der Waals surface area contributed by atoms with Crippen molar-refractivity contribution in [3.05, 3.63) is 65.2 Å². The van der Waals surface area contributed by atoms with Gasteiger partial charge < -0.3 is 24.2 Å². The third-order valence-electron chi connectivity index (χ3n) is 5.46. The second kappa shape index (κ2) is 11.5. The highest BCUT2D eigenvalue weighted by molar-refractivity contribution is 6.46. The van der Waals surface area contributed by atoms with E-state index in [-0.39, 0.29) is 24.5 Å². The number of unbranched alkanes of at least 4 members (excludes halogenated alkanes) is 1. The number of benzene rings is 2. The highest BCUT2D eigenvalue weighted by atomic mass is 16.5. The first-order valence-electron chi connectivity index (χ1n) is 11.2. The average molecular weight is 454 g/mol. The molecule has 0 aromatic heterocycles. The summed E-state index contributed by atoms with van der Waals surface area (Å²) in [5, 5.41) is 11.1. The normalized spacial score (nSPS) is 17.4. The molecule has 0 saturated carbocycles. The third-order valence-corrected chi connectivity index (χ3v) is 5.46. The lowest BCUT2D eigenvalue weighted by atomic mass is 9.95. The Morgan fingerprint density at radius 3 is 2.42 bits per heavy atom. The summed E-state index contributed by atoms with van der Waals surface area (Å²) in [6.45, 7) is 5.55. The molecular formula is C26H31NO6. The van der Waals surface area contributed by atoms with E-state index in [1.807, 2.05) is 31.2 Å². The standard InChI is InChI=1S/C26H31NO6/c1-4-6-15-33-21-9-7-8-19(17-21)23-22(25(29)26(30)27(23)14-16-31-3)24(28)18-10-12-20(13-11-18)32-5-2/h7-13,17,23,28H,4-6,14-16H2,1-3H3. The van der Waals surface area contributed by atoms with E-state index in [4.69, 9.17) is 14.2 Å². The molecule has 1 aliphatic rings. The van der Waals surface area contributed by atoms with Gasteiger partial charge in [-0.3, -0.25) is 9.59 Å². The number of ether oxygens (including phenoxy) is 3. The topological polar surface area (TPSA) is 85.3 Å². The molecular weight excluding hydrogens is 422 g/mol. The number of methoxy groups -OCH3 is 1. The monoisotopic (exact) mass is 453 g/mol. The van der Waals surface area contributed by atoms with Crippen molar-refractivity contribution in [2.45, 2.75) is 32.7 Å². The number of nitrogens with zero attached hydrogens (tertiary/aromatic N) is 1. The van der Waals surface area contributed by atoms with Crippen LogP contribution in [0.5, 0.6) is 11.5 Å². The fraction of sp³-hybridized carbons (Fsp3) is 0.385. The molecule has 1 N–H and O–H groups in total. The molecule has 0 spiro atoms. The smallest absolute Gasteiger partial charge is 0.295 e. The summed E-state index contributed by atoms with van der Waals surface area (Å²) < 4.78 is 16.4. The van der Waals surface area contributed by atoms with Gasteiger partial charge >= 0.3 is 0 Å². The van der Waals surface area contributed by atoms with Crippen LogP contribution in [0.1, 0.15) is 43.9 Å². The zero-order valence-electron chi connectivity index (χ0n) is 19.4. The molecule has 1 aliphatic heterocycles. The van der Waals surface area contributed by atoms with Crippen LogP contribution in [-0.4, -0.2) is 55.2 Å². The fourth-order valence-corrected chi connectivity index (χ4v) is 3.79. The minimum atomic E-state index is -0.749. The number of carbonyl (C=O) groups excluding carboxylic acids is 2. The van der Waals surface area contributed by atoms with Crippen molar-refractivity contribution in [3.63, 3.8) is 0 Å². The number of rotatable bonds is 11. The van der Waals surface area contributed by atoms with Gasteiger partial charge in [-0.1, -0.05) is 25.5 Å². The molecule has 1 saturated heterocycles. The number of aliphatic hydroxyl groups is 1. The molecule has 7 heteroatoms. The van der Waals surface area contributed by atoms with Crippen molar-refractivity contribution in [3.8, 4) is 11.5 Å². The van der Waals surface area contributed by atoms with E-state index in [0.29, 0.717) is 35.8 Å². The highest BCUT2D eigenvalue weighted by Gasteiger charge is 2.46. The predicted molar refractivity (Wildman–Crippen MR) is 125 cm³/mol. The van der Waals surface area contributed by atoms with E-state index in [1.165, 1.54) is 12.0 Å². The Kier molecular flexibility index (Phi) is 8.49. The van der Waals surface area contributed by atoms with E-state index >= 15 is 0 Å². The second-order valence-corrected chi connectivity index (χ2v) is 7.72. The quantitative estimate of drug-likeness (QED) is 0.236. The van der Waals surface area contributed by atoms with Gasteiger partial charge in [-0.05, 0) is 55.3 Å². The van der Waals surface area contributed by atoms with Crippen molar-refractivity contribution in [2.75, 3.05) is 33.5 Å². The number of amides is 1. The predicted octanol–water partition coefficient (Wildman–Crippen LogP) is 4.33. The maximum absolute atomic E-state index is 13.0. The van der Waals surface area contributed by atoms with Crippen molar-refractivity contribution in [1.82, 2.24) is 4.90 Å². The van der Waals surface area contributed by atoms with Gasteiger partial charge in [-0.15, -0.1) is 0 Å². The first-order valence-corrected chi connectivity index (χ1v) is 11.2. The fourth-order valence-electron chi connectivity index (χ4n) is 3.79. The number of ketones is 1. The summed E-state index contributed by atoms with van der Waals surface area (Å²) >= 11 is 0. The molecule has 0 radical (unpaired) electrons. The Hall–Kier alpha value is -3.32. The molecule has 2 aromatic rings. The van der Waals surface area contributed by atoms with E-state index in [1.54, 1.807) is 24.3 Å². The van der Waals surface area contributed by atoms with Crippen LogP contribution >= 0.6 is 0 Å². The molecule has 1 amide bonds. The van der Waals surface area contributed by atoms with Crippen LogP contribution in [0, 0.1) is 0 Å².